The molecule has 8 heteroatoms. The first-order chi connectivity index (χ1) is 14.4. The Morgan fingerprint density at radius 3 is 2.20 bits per heavy atom. The van der Waals surface area contributed by atoms with Gasteiger partial charge >= 0.3 is 0 Å². The Kier molecular flexibility index (Phi) is 6.14. The highest BCUT2D eigenvalue weighted by molar-refractivity contribution is 6.16. The van der Waals surface area contributed by atoms with Crippen molar-refractivity contribution in [3.05, 3.63) is 41.1 Å². The molecule has 0 radical (unpaired) electrons. The fourth-order valence-corrected chi connectivity index (χ4v) is 3.06. The molecule has 2 N–H and O–H groups in total. The zero-order valence-electron chi connectivity index (χ0n) is 17.3. The predicted molar refractivity (Wildman–Crippen MR) is 111 cm³/mol. The molecule has 0 fully saturated rings. The van der Waals surface area contributed by atoms with Gasteiger partial charge in [0.05, 0.1) is 39.5 Å². The third-order valence-corrected chi connectivity index (χ3v) is 4.47. The Balaban J connectivity index is 2.16. The minimum absolute atomic E-state index is 0.210. The Morgan fingerprint density at radius 1 is 1.03 bits per heavy atom. The van der Waals surface area contributed by atoms with E-state index in [9.17, 15) is 9.90 Å². The quantitative estimate of drug-likeness (QED) is 0.476. The largest absolute Gasteiger partial charge is 0.495 e. The molecule has 1 heterocycles. The average Bonchev–Trinajstić information content (AvgIpc) is 3.19. The van der Waals surface area contributed by atoms with Gasteiger partial charge in [-0.25, -0.2) is 0 Å². The highest BCUT2D eigenvalue weighted by atomic mass is 16.5. The minimum atomic E-state index is -0.812. The molecule has 0 aliphatic rings. The SMILES string of the molecule is COc1cc(C(=O)c2n[nH]c3c(C#C[C@@H](C)O)c(OC)ccc23)cc(OC)c1OC. The molecule has 0 bridgehead atoms. The van der Waals surface area contributed by atoms with Crippen molar-refractivity contribution in [1.82, 2.24) is 10.2 Å². The summed E-state index contributed by atoms with van der Waals surface area (Å²) in [6.07, 6.45) is -0.812. The van der Waals surface area contributed by atoms with Crippen molar-refractivity contribution in [1.29, 1.82) is 0 Å². The van der Waals surface area contributed by atoms with Gasteiger partial charge in [-0.3, -0.25) is 9.89 Å². The molecular weight excluding hydrogens is 388 g/mol. The second kappa shape index (κ2) is 8.76. The first-order valence-corrected chi connectivity index (χ1v) is 9.04. The lowest BCUT2D eigenvalue weighted by molar-refractivity contribution is 0.103. The molecule has 0 aliphatic carbocycles. The number of carbonyl (C=O) groups is 1. The lowest BCUT2D eigenvalue weighted by Crippen LogP contribution is -2.05. The van der Waals surface area contributed by atoms with Crippen LogP contribution >= 0.6 is 0 Å². The number of fused-ring (bicyclic) bond motifs is 1. The van der Waals surface area contributed by atoms with Crippen molar-refractivity contribution in [3.8, 4) is 34.8 Å². The predicted octanol–water partition coefficient (Wildman–Crippen LogP) is 2.56. The molecule has 8 nitrogen and oxygen atoms in total. The van der Waals surface area contributed by atoms with Crippen molar-refractivity contribution in [2.45, 2.75) is 13.0 Å². The maximum atomic E-state index is 13.2. The number of ether oxygens (including phenoxy) is 4. The number of nitrogens with zero attached hydrogens (tertiary/aromatic N) is 1. The summed E-state index contributed by atoms with van der Waals surface area (Å²) in [7, 11) is 5.98. The molecule has 0 aliphatic heterocycles. The standard InChI is InChI=1S/C22H22N2O6/c1-12(25)6-7-14-16(27-2)9-8-15-19(14)23-24-20(15)21(26)13-10-17(28-3)22(30-5)18(11-13)29-4/h8-12,25H,1-5H3,(H,23,24)/t12-/m1/s1. The lowest BCUT2D eigenvalue weighted by atomic mass is 10.0. The van der Waals surface area contributed by atoms with E-state index in [4.69, 9.17) is 18.9 Å². The monoisotopic (exact) mass is 410 g/mol. The number of ketones is 1. The molecule has 0 unspecified atom stereocenters. The van der Waals surface area contributed by atoms with Gasteiger partial charge in [-0.15, -0.1) is 0 Å². The Hall–Kier alpha value is -3.70. The molecular formula is C22H22N2O6. The van der Waals surface area contributed by atoms with Gasteiger partial charge in [-0.05, 0) is 31.2 Å². The van der Waals surface area contributed by atoms with Crippen LogP contribution in [-0.2, 0) is 0 Å². The summed E-state index contributed by atoms with van der Waals surface area (Å²) in [4.78, 5) is 13.2. The molecule has 156 valence electrons. The van der Waals surface area contributed by atoms with Crippen LogP contribution in [0.25, 0.3) is 10.9 Å². The molecule has 1 aromatic heterocycles. The van der Waals surface area contributed by atoms with E-state index in [0.717, 1.165) is 0 Å². The van der Waals surface area contributed by atoms with E-state index in [1.165, 1.54) is 28.4 Å². The van der Waals surface area contributed by atoms with Crippen molar-refractivity contribution in [2.24, 2.45) is 0 Å². The number of aliphatic hydroxyl groups is 1. The van der Waals surface area contributed by atoms with Gasteiger partial charge in [0.2, 0.25) is 11.5 Å². The van der Waals surface area contributed by atoms with E-state index in [0.29, 0.717) is 45.0 Å². The van der Waals surface area contributed by atoms with Gasteiger partial charge in [0.25, 0.3) is 0 Å². The first kappa shape index (κ1) is 21.0. The molecule has 0 amide bonds. The molecule has 0 spiro atoms. The number of nitrogens with one attached hydrogen (secondary N) is 1. The number of aromatic nitrogens is 2. The Bertz CT molecular complexity index is 1130. The summed E-state index contributed by atoms with van der Waals surface area (Å²) in [5.74, 6) is 6.87. The summed E-state index contributed by atoms with van der Waals surface area (Å²) < 4.78 is 21.3. The number of aliphatic hydroxyl groups excluding tert-OH is 1. The number of H-pyrrole nitrogens is 1. The third-order valence-electron chi connectivity index (χ3n) is 4.47. The summed E-state index contributed by atoms with van der Waals surface area (Å²) >= 11 is 0. The van der Waals surface area contributed by atoms with Gasteiger partial charge in [0.1, 0.15) is 17.5 Å². The van der Waals surface area contributed by atoms with Crippen LogP contribution < -0.4 is 18.9 Å². The lowest BCUT2D eigenvalue weighted by Gasteiger charge is -2.13. The van der Waals surface area contributed by atoms with Gasteiger partial charge in [0.15, 0.2) is 11.5 Å². The molecule has 0 saturated carbocycles. The summed E-state index contributed by atoms with van der Waals surface area (Å²) in [5, 5.41) is 17.2. The van der Waals surface area contributed by atoms with E-state index in [1.807, 2.05) is 0 Å². The van der Waals surface area contributed by atoms with Crippen LogP contribution in [0.5, 0.6) is 23.0 Å². The fraction of sp³-hybridized carbons (Fsp3) is 0.273. The van der Waals surface area contributed by atoms with E-state index in [1.54, 1.807) is 31.2 Å². The van der Waals surface area contributed by atoms with E-state index in [-0.39, 0.29) is 11.5 Å². The number of hydrogen-bond donors (Lipinski definition) is 2. The number of benzene rings is 2. The highest BCUT2D eigenvalue weighted by Gasteiger charge is 2.23. The van der Waals surface area contributed by atoms with Crippen molar-refractivity contribution in [2.75, 3.05) is 28.4 Å². The van der Waals surface area contributed by atoms with Gasteiger partial charge in [-0.1, -0.05) is 11.8 Å². The molecule has 3 aromatic rings. The fourth-order valence-electron chi connectivity index (χ4n) is 3.06. The highest BCUT2D eigenvalue weighted by Crippen LogP contribution is 2.39. The van der Waals surface area contributed by atoms with Crippen LogP contribution in [-0.4, -0.2) is 55.6 Å². The molecule has 1 atom stereocenters. The van der Waals surface area contributed by atoms with Crippen molar-refractivity contribution >= 4 is 16.7 Å². The molecule has 2 aromatic carbocycles. The second-order valence-electron chi connectivity index (χ2n) is 6.33. The molecule has 3 rings (SSSR count). The third kappa shape index (κ3) is 3.75. The smallest absolute Gasteiger partial charge is 0.214 e. The van der Waals surface area contributed by atoms with E-state index < -0.39 is 6.10 Å². The topological polar surface area (TPSA) is 103 Å². The number of methoxy groups -OCH3 is 4. The van der Waals surface area contributed by atoms with Gasteiger partial charge in [0, 0.05) is 10.9 Å². The maximum Gasteiger partial charge on any atom is 0.214 e. The number of aromatic amines is 1. The van der Waals surface area contributed by atoms with Gasteiger partial charge in [-0.2, -0.15) is 5.10 Å². The van der Waals surface area contributed by atoms with Crippen LogP contribution in [0.15, 0.2) is 24.3 Å². The average molecular weight is 410 g/mol. The Morgan fingerprint density at radius 2 is 1.67 bits per heavy atom. The summed E-state index contributed by atoms with van der Waals surface area (Å²) in [6.45, 7) is 1.56. The molecule has 30 heavy (non-hydrogen) atoms. The van der Waals surface area contributed by atoms with Crippen LogP contribution in [0.4, 0.5) is 0 Å². The van der Waals surface area contributed by atoms with Crippen molar-refractivity contribution < 1.29 is 28.8 Å². The van der Waals surface area contributed by atoms with Crippen LogP contribution in [0.3, 0.4) is 0 Å². The van der Waals surface area contributed by atoms with Gasteiger partial charge < -0.3 is 24.1 Å². The zero-order chi connectivity index (χ0) is 21.8. The Labute approximate surface area is 173 Å². The number of carbonyl (C=O) groups excluding carboxylic acids is 1. The normalized spacial score (nSPS) is 11.4. The summed E-state index contributed by atoms with van der Waals surface area (Å²) in [6, 6.07) is 6.58. The molecule has 0 saturated heterocycles. The second-order valence-corrected chi connectivity index (χ2v) is 6.33. The number of hydrogen-bond acceptors (Lipinski definition) is 7. The van der Waals surface area contributed by atoms with Crippen LogP contribution in [0.2, 0.25) is 0 Å². The first-order valence-electron chi connectivity index (χ1n) is 9.04. The van der Waals surface area contributed by atoms with Crippen LogP contribution in [0.1, 0.15) is 28.5 Å². The summed E-state index contributed by atoms with van der Waals surface area (Å²) in [5.41, 5.74) is 1.58. The van der Waals surface area contributed by atoms with E-state index >= 15 is 0 Å². The maximum absolute atomic E-state index is 13.2. The van der Waals surface area contributed by atoms with Crippen molar-refractivity contribution in [3.63, 3.8) is 0 Å². The number of rotatable bonds is 6. The zero-order valence-corrected chi connectivity index (χ0v) is 17.3. The van der Waals surface area contributed by atoms with E-state index in [2.05, 4.69) is 22.0 Å². The minimum Gasteiger partial charge on any atom is -0.495 e. The van der Waals surface area contributed by atoms with Crippen LogP contribution in [0, 0.1) is 11.8 Å².